The number of nitrogens with one attached hydrogen (secondary N) is 1. The number of rotatable bonds is 3. The Balaban J connectivity index is 0.995. The summed E-state index contributed by atoms with van der Waals surface area (Å²) in [5.74, 6) is 3.43. The quantitative estimate of drug-likeness (QED) is 0.375. The Hall–Kier alpha value is -1.44. The fourth-order valence-corrected chi connectivity index (χ4v) is 11.4. The molecule has 7 heteroatoms. The van der Waals surface area contributed by atoms with Gasteiger partial charge in [-0.3, -0.25) is 9.59 Å². The molecule has 7 rings (SSSR count). The highest BCUT2D eigenvalue weighted by molar-refractivity contribution is 5.97. The second kappa shape index (κ2) is 10.6. The number of ether oxygens (including phenoxy) is 2. The first-order valence-electron chi connectivity index (χ1n) is 17.3. The van der Waals surface area contributed by atoms with Gasteiger partial charge >= 0.3 is 0 Å². The van der Waals surface area contributed by atoms with E-state index in [2.05, 4.69) is 51.0 Å². The van der Waals surface area contributed by atoms with Crippen molar-refractivity contribution in [1.82, 2.24) is 15.1 Å². The molecule has 0 unspecified atom stereocenters. The molecule has 42 heavy (non-hydrogen) atoms. The molecule has 2 amide bonds. The van der Waals surface area contributed by atoms with Gasteiger partial charge in [0.15, 0.2) is 5.79 Å². The maximum atomic E-state index is 12.9. The summed E-state index contributed by atoms with van der Waals surface area (Å²) < 4.78 is 13.5. The van der Waals surface area contributed by atoms with Gasteiger partial charge in [0.2, 0.25) is 11.8 Å². The summed E-state index contributed by atoms with van der Waals surface area (Å²) in [6.07, 6.45) is 13.3. The number of piperazine rings is 1. The van der Waals surface area contributed by atoms with Gasteiger partial charge in [-0.15, -0.1) is 0 Å². The van der Waals surface area contributed by atoms with E-state index in [-0.39, 0.29) is 35.5 Å². The van der Waals surface area contributed by atoms with Gasteiger partial charge in [0, 0.05) is 44.6 Å². The Bertz CT molecular complexity index is 1110. The molecule has 7 nitrogen and oxygen atoms in total. The van der Waals surface area contributed by atoms with Crippen molar-refractivity contribution >= 4 is 11.8 Å². The molecule has 3 saturated carbocycles. The minimum Gasteiger partial charge on any atom is -0.353 e. The molecule has 7 aliphatic rings. The highest BCUT2D eigenvalue weighted by Crippen LogP contribution is 2.70. The third kappa shape index (κ3) is 4.62. The van der Waals surface area contributed by atoms with Crippen molar-refractivity contribution in [1.29, 1.82) is 0 Å². The molecule has 3 heterocycles. The molecule has 0 aromatic heterocycles. The first-order valence-corrected chi connectivity index (χ1v) is 17.3. The molecule has 4 aliphatic carbocycles. The van der Waals surface area contributed by atoms with Gasteiger partial charge in [-0.05, 0) is 98.8 Å². The topological polar surface area (TPSA) is 71.1 Å². The van der Waals surface area contributed by atoms with E-state index in [1.807, 2.05) is 4.90 Å². The second-order valence-corrected chi connectivity index (χ2v) is 16.1. The van der Waals surface area contributed by atoms with E-state index < -0.39 is 0 Å². The lowest BCUT2D eigenvalue weighted by atomic mass is 9.46. The van der Waals surface area contributed by atoms with E-state index in [0.29, 0.717) is 29.3 Å². The van der Waals surface area contributed by atoms with Crippen molar-refractivity contribution in [2.45, 2.75) is 110 Å². The van der Waals surface area contributed by atoms with Crippen molar-refractivity contribution in [2.75, 3.05) is 39.8 Å². The van der Waals surface area contributed by atoms with Crippen molar-refractivity contribution in [3.63, 3.8) is 0 Å². The summed E-state index contributed by atoms with van der Waals surface area (Å²) in [7, 11) is 2.08. The van der Waals surface area contributed by atoms with Gasteiger partial charge in [-0.2, -0.15) is 0 Å². The number of hydrogen-bond acceptors (Lipinski definition) is 5. The molecule has 6 fully saturated rings. The maximum absolute atomic E-state index is 12.9. The summed E-state index contributed by atoms with van der Waals surface area (Å²) in [4.78, 5) is 29.7. The average molecular weight is 582 g/mol. The highest BCUT2D eigenvalue weighted by Gasteiger charge is 2.68. The lowest BCUT2D eigenvalue weighted by molar-refractivity contribution is -0.272. The molecule has 1 spiro atoms. The number of carbonyl (C=O) groups excluding carboxylic acids is 2. The number of likely N-dealkylation sites (N-methyl/N-ethyl adjacent to an activating group) is 1. The van der Waals surface area contributed by atoms with Crippen molar-refractivity contribution < 1.29 is 19.1 Å². The zero-order valence-electron chi connectivity index (χ0n) is 26.8. The molecule has 1 N–H and O–H groups in total. The first kappa shape index (κ1) is 29.3. The van der Waals surface area contributed by atoms with Crippen LogP contribution < -0.4 is 5.32 Å². The SMILES string of the molecule is C[C@@H]1CC[C@@]2(OC1)O[C@H]1C[C@H]3[C@@H]4CC=C5C[C@H](NC(=O)CC(=O)N6CCN(C)CC6)CC[C@]5(C)[C@H]4CC[C@]3(C)[C@H]1[C@@H]2C. The number of fused-ring (bicyclic) bond motifs is 7. The number of amides is 2. The molecule has 0 aromatic rings. The molecule has 234 valence electrons. The number of allylic oxidation sites excluding steroid dienone is 1. The van der Waals surface area contributed by atoms with E-state index in [1.54, 1.807) is 5.57 Å². The third-order valence-electron chi connectivity index (χ3n) is 13.9. The Morgan fingerprint density at radius 3 is 2.55 bits per heavy atom. The number of hydrogen-bond donors (Lipinski definition) is 1. The normalized spacial score (nSPS) is 48.6. The summed E-state index contributed by atoms with van der Waals surface area (Å²) in [6, 6.07) is 0.150. The lowest BCUT2D eigenvalue weighted by Crippen LogP contribution is -2.53. The average Bonchev–Trinajstić information content (AvgIpc) is 3.40. The first-order chi connectivity index (χ1) is 20.0. The van der Waals surface area contributed by atoms with Crippen LogP contribution in [0.25, 0.3) is 0 Å². The number of nitrogens with zero attached hydrogens (tertiary/aromatic N) is 2. The van der Waals surface area contributed by atoms with Crippen LogP contribution >= 0.6 is 0 Å². The molecule has 3 saturated heterocycles. The van der Waals surface area contributed by atoms with Crippen LogP contribution in [-0.2, 0) is 19.1 Å². The van der Waals surface area contributed by atoms with Crippen molar-refractivity contribution in [3.8, 4) is 0 Å². The molecule has 0 bridgehead atoms. The van der Waals surface area contributed by atoms with E-state index >= 15 is 0 Å². The molecule has 0 radical (unpaired) electrons. The van der Waals surface area contributed by atoms with Gasteiger partial charge in [0.1, 0.15) is 6.42 Å². The smallest absolute Gasteiger partial charge is 0.232 e. The molecular weight excluding hydrogens is 526 g/mol. The van der Waals surface area contributed by atoms with Crippen LogP contribution in [0.2, 0.25) is 0 Å². The van der Waals surface area contributed by atoms with E-state index in [0.717, 1.165) is 76.2 Å². The van der Waals surface area contributed by atoms with Gasteiger partial charge in [-0.25, -0.2) is 0 Å². The highest BCUT2D eigenvalue weighted by atomic mass is 16.7. The predicted octanol–water partition coefficient (Wildman–Crippen LogP) is 5.00. The largest absolute Gasteiger partial charge is 0.353 e. The summed E-state index contributed by atoms with van der Waals surface area (Å²) in [6.45, 7) is 13.9. The van der Waals surface area contributed by atoms with Gasteiger partial charge in [-0.1, -0.05) is 39.3 Å². The zero-order valence-corrected chi connectivity index (χ0v) is 26.8. The maximum Gasteiger partial charge on any atom is 0.232 e. The molecular formula is C35H55N3O4. The van der Waals surface area contributed by atoms with Crippen LogP contribution in [0.4, 0.5) is 0 Å². The minimum absolute atomic E-state index is 0.0182. The van der Waals surface area contributed by atoms with E-state index in [9.17, 15) is 9.59 Å². The third-order valence-corrected chi connectivity index (χ3v) is 13.9. The summed E-state index contributed by atoms with van der Waals surface area (Å²) in [5, 5.41) is 3.26. The van der Waals surface area contributed by atoms with Crippen LogP contribution in [0.15, 0.2) is 11.6 Å². The van der Waals surface area contributed by atoms with E-state index in [1.165, 1.54) is 32.1 Å². The van der Waals surface area contributed by atoms with Gasteiger partial charge in [0.25, 0.3) is 0 Å². The van der Waals surface area contributed by atoms with Crippen molar-refractivity contribution in [2.24, 2.45) is 46.3 Å². The Labute approximate surface area is 253 Å². The Kier molecular flexibility index (Phi) is 7.38. The van der Waals surface area contributed by atoms with Crippen LogP contribution in [0.1, 0.15) is 91.9 Å². The van der Waals surface area contributed by atoms with E-state index in [4.69, 9.17) is 9.47 Å². The Morgan fingerprint density at radius 2 is 1.81 bits per heavy atom. The second-order valence-electron chi connectivity index (χ2n) is 16.1. The van der Waals surface area contributed by atoms with Crippen LogP contribution in [0, 0.1) is 46.3 Å². The standard InChI is InChI=1S/C35H55N3O4/c1-22-8-13-35(41-21-22)23(2)32-29(42-35)19-28-26-7-6-24-18-25(9-11-33(24,3)27(26)10-12-34(28,32)4)36-30(39)20-31(40)38-16-14-37(5)15-17-38/h6,22-23,25-29,32H,7-21H2,1-5H3,(H,36,39)/t22-,23+,25-,26-,27+,28+,29+,32+,33+,34+,35-/m1/s1. The molecule has 3 aliphatic heterocycles. The molecule has 11 atom stereocenters. The monoisotopic (exact) mass is 581 g/mol. The Morgan fingerprint density at radius 1 is 1.02 bits per heavy atom. The minimum atomic E-state index is -0.337. The van der Waals surface area contributed by atoms with Crippen LogP contribution in [-0.4, -0.2) is 79.4 Å². The van der Waals surface area contributed by atoms with Crippen LogP contribution in [0.3, 0.4) is 0 Å². The van der Waals surface area contributed by atoms with Crippen LogP contribution in [0.5, 0.6) is 0 Å². The predicted molar refractivity (Wildman–Crippen MR) is 162 cm³/mol. The van der Waals surface area contributed by atoms with Gasteiger partial charge < -0.3 is 24.6 Å². The summed E-state index contributed by atoms with van der Waals surface area (Å²) >= 11 is 0. The fraction of sp³-hybridized carbons (Fsp3) is 0.886. The summed E-state index contributed by atoms with van der Waals surface area (Å²) in [5.41, 5.74) is 2.14. The number of carbonyl (C=O) groups is 2. The zero-order chi connectivity index (χ0) is 29.4. The van der Waals surface area contributed by atoms with Gasteiger partial charge in [0.05, 0.1) is 12.7 Å². The molecule has 0 aromatic carbocycles. The lowest BCUT2D eigenvalue weighted by Gasteiger charge is -2.58. The van der Waals surface area contributed by atoms with Crippen molar-refractivity contribution in [3.05, 3.63) is 11.6 Å². The fourth-order valence-electron chi connectivity index (χ4n) is 11.4.